The van der Waals surface area contributed by atoms with Crippen molar-refractivity contribution in [2.45, 2.75) is 79.1 Å². The highest BCUT2D eigenvalue weighted by atomic mass is 28.3. The molecular weight excluding hydrogens is 234 g/mol. The van der Waals surface area contributed by atoms with Gasteiger partial charge in [-0.1, -0.05) is 24.2 Å². The number of hydrogen-bond acceptors (Lipinski definition) is 1. The molecule has 1 aliphatic rings. The fourth-order valence-electron chi connectivity index (χ4n) is 3.34. The van der Waals surface area contributed by atoms with Gasteiger partial charge in [-0.3, -0.25) is 0 Å². The van der Waals surface area contributed by atoms with Gasteiger partial charge in [0.1, 0.15) is 8.24 Å². The van der Waals surface area contributed by atoms with Crippen molar-refractivity contribution in [1.82, 2.24) is 4.98 Å². The fraction of sp³-hybridized carbons (Fsp3) is 0.750. The third-order valence-corrected chi connectivity index (χ3v) is 8.17. The van der Waals surface area contributed by atoms with Crippen molar-refractivity contribution in [2.24, 2.45) is 0 Å². The second-order valence-corrected chi connectivity index (χ2v) is 12.0. The van der Waals surface area contributed by atoms with Crippen LogP contribution in [-0.4, -0.2) is 13.8 Å². The third kappa shape index (κ3) is 3.36. The van der Waals surface area contributed by atoms with Gasteiger partial charge in [-0.25, -0.2) is 0 Å². The molecule has 0 amide bonds. The number of nitrogens with one attached hydrogen (secondary N) is 1. The summed E-state index contributed by atoms with van der Waals surface area (Å²) in [5.41, 5.74) is 7.20. The second kappa shape index (κ2) is 4.97. The van der Waals surface area contributed by atoms with Gasteiger partial charge in [0.15, 0.2) is 0 Å². The topological polar surface area (TPSA) is 12.0 Å². The molecule has 1 atom stereocenters. The van der Waals surface area contributed by atoms with Crippen LogP contribution in [0.1, 0.15) is 54.9 Å². The summed E-state index contributed by atoms with van der Waals surface area (Å²) >= 11 is 0. The van der Waals surface area contributed by atoms with E-state index in [4.69, 9.17) is 0 Å². The molecule has 0 fully saturated rings. The Kier molecular flexibility index (Phi) is 4.34. The van der Waals surface area contributed by atoms with E-state index in [1.807, 2.05) is 0 Å². The van der Waals surface area contributed by atoms with Gasteiger partial charge in [-0.15, -0.1) is 0 Å². The first-order valence-corrected chi connectivity index (χ1v) is 10.2. The molecule has 0 saturated carbocycles. The predicted octanol–water partition coefficient (Wildman–Crippen LogP) is 5.03. The third-order valence-electron chi connectivity index (χ3n) is 4.40. The van der Waals surface area contributed by atoms with Crippen LogP contribution in [0.25, 0.3) is 0 Å². The van der Waals surface area contributed by atoms with Crippen molar-refractivity contribution in [3.05, 3.63) is 22.3 Å². The Morgan fingerprint density at radius 2 is 1.50 bits per heavy atom. The largest absolute Gasteiger partial charge is 0.332 e. The van der Waals surface area contributed by atoms with Crippen molar-refractivity contribution in [1.29, 1.82) is 0 Å². The van der Waals surface area contributed by atoms with Gasteiger partial charge in [0.25, 0.3) is 0 Å². The maximum atomic E-state index is 3.93. The summed E-state index contributed by atoms with van der Waals surface area (Å²) in [5, 5.41) is 0. The minimum Gasteiger partial charge on any atom is -0.332 e. The Balaban J connectivity index is 3.06. The van der Waals surface area contributed by atoms with Crippen molar-refractivity contribution >= 4 is 8.24 Å². The summed E-state index contributed by atoms with van der Waals surface area (Å²) in [5.74, 6) is 0. The zero-order valence-corrected chi connectivity index (χ0v) is 14.8. The van der Waals surface area contributed by atoms with Crippen LogP contribution in [-0.2, 0) is 0 Å². The zero-order valence-electron chi connectivity index (χ0n) is 13.8. The molecule has 0 heterocycles. The van der Waals surface area contributed by atoms with E-state index in [0.29, 0.717) is 0 Å². The molecular formula is C16H31NSi. The lowest BCUT2D eigenvalue weighted by atomic mass is 9.88. The van der Waals surface area contributed by atoms with E-state index < -0.39 is 8.24 Å². The Morgan fingerprint density at radius 1 is 1.00 bits per heavy atom. The number of allylic oxidation sites excluding steroid dienone is 4. The highest BCUT2D eigenvalue weighted by Gasteiger charge is 2.38. The quantitative estimate of drug-likeness (QED) is 0.691. The number of rotatable bonds is 2. The van der Waals surface area contributed by atoms with Crippen molar-refractivity contribution in [3.63, 3.8) is 0 Å². The fourth-order valence-corrected chi connectivity index (χ4v) is 7.56. The van der Waals surface area contributed by atoms with Gasteiger partial charge in [0.2, 0.25) is 0 Å². The van der Waals surface area contributed by atoms with E-state index in [9.17, 15) is 0 Å². The molecule has 0 aromatic rings. The molecule has 1 rings (SSSR count). The average Bonchev–Trinajstić information content (AvgIpc) is 2.16. The molecule has 0 radical (unpaired) electrons. The highest BCUT2D eigenvalue weighted by molar-refractivity contribution is 6.77. The Labute approximate surface area is 115 Å². The molecule has 0 aliphatic heterocycles. The van der Waals surface area contributed by atoms with Gasteiger partial charge >= 0.3 is 0 Å². The predicted molar refractivity (Wildman–Crippen MR) is 85.5 cm³/mol. The number of hydrogen-bond donors (Lipinski definition) is 1. The molecule has 104 valence electrons. The minimum atomic E-state index is -1.46. The molecule has 18 heavy (non-hydrogen) atoms. The van der Waals surface area contributed by atoms with Gasteiger partial charge in [0, 0.05) is 5.54 Å². The molecule has 0 aromatic carbocycles. The minimum absolute atomic E-state index is 0.216. The van der Waals surface area contributed by atoms with Crippen molar-refractivity contribution in [2.75, 3.05) is 0 Å². The van der Waals surface area contributed by atoms with Crippen molar-refractivity contribution < 1.29 is 0 Å². The Morgan fingerprint density at radius 3 is 1.94 bits per heavy atom. The summed E-state index contributed by atoms with van der Waals surface area (Å²) < 4.78 is 0. The summed E-state index contributed by atoms with van der Waals surface area (Å²) in [6, 6.07) is 0. The standard InChI is InChI=1S/C16H31NSi/c1-11-10-15(14(4)13(3)12(11)2)18(8,9)17-16(5,6)7/h15,17H,10H2,1-9H3. The van der Waals surface area contributed by atoms with E-state index in [-0.39, 0.29) is 5.54 Å². The molecule has 1 unspecified atom stereocenters. The summed E-state index contributed by atoms with van der Waals surface area (Å²) in [6.07, 6.45) is 1.25. The van der Waals surface area contributed by atoms with E-state index >= 15 is 0 Å². The highest BCUT2D eigenvalue weighted by Crippen LogP contribution is 2.42. The van der Waals surface area contributed by atoms with Gasteiger partial charge in [-0.05, 0) is 71.6 Å². The van der Waals surface area contributed by atoms with Crippen LogP contribution >= 0.6 is 0 Å². The van der Waals surface area contributed by atoms with E-state index in [1.165, 1.54) is 17.6 Å². The van der Waals surface area contributed by atoms with E-state index in [0.717, 1.165) is 5.54 Å². The van der Waals surface area contributed by atoms with E-state index in [1.54, 1.807) is 11.1 Å². The summed E-state index contributed by atoms with van der Waals surface area (Å²) in [4.78, 5) is 3.93. The summed E-state index contributed by atoms with van der Waals surface area (Å²) in [6.45, 7) is 21.0. The van der Waals surface area contributed by atoms with Crippen LogP contribution in [0, 0.1) is 0 Å². The van der Waals surface area contributed by atoms with Gasteiger partial charge < -0.3 is 4.98 Å². The monoisotopic (exact) mass is 265 g/mol. The van der Waals surface area contributed by atoms with Crippen LogP contribution < -0.4 is 4.98 Å². The molecule has 0 spiro atoms. The maximum Gasteiger partial charge on any atom is 0.127 e. The normalized spacial score (nSPS) is 22.8. The molecule has 0 saturated heterocycles. The zero-order chi connectivity index (χ0) is 14.3. The van der Waals surface area contributed by atoms with Gasteiger partial charge in [0.05, 0.1) is 0 Å². The lowest BCUT2D eigenvalue weighted by Gasteiger charge is -2.42. The smallest absolute Gasteiger partial charge is 0.127 e. The van der Waals surface area contributed by atoms with Crippen LogP contribution in [0.3, 0.4) is 0 Å². The summed E-state index contributed by atoms with van der Waals surface area (Å²) in [7, 11) is -1.46. The SMILES string of the molecule is CC1=C(C)C(C)=C(C)C([Si](C)(C)NC(C)(C)C)C1. The molecule has 1 nitrogen and oxygen atoms in total. The average molecular weight is 266 g/mol. The van der Waals surface area contributed by atoms with Crippen LogP contribution in [0.15, 0.2) is 22.3 Å². The first-order chi connectivity index (χ1) is 7.96. The first kappa shape index (κ1) is 15.7. The Bertz CT molecular complexity index is 394. The lowest BCUT2D eigenvalue weighted by molar-refractivity contribution is 0.506. The van der Waals surface area contributed by atoms with Gasteiger partial charge in [-0.2, -0.15) is 0 Å². The maximum absolute atomic E-state index is 3.93. The molecule has 2 heteroatoms. The second-order valence-electron chi connectivity index (χ2n) is 7.57. The van der Waals surface area contributed by atoms with Crippen LogP contribution in [0.5, 0.6) is 0 Å². The van der Waals surface area contributed by atoms with E-state index in [2.05, 4.69) is 66.5 Å². The lowest BCUT2D eigenvalue weighted by Crippen LogP contribution is -2.57. The Hall–Kier alpha value is -0.343. The molecule has 0 aromatic heterocycles. The molecule has 1 N–H and O–H groups in total. The van der Waals surface area contributed by atoms with Crippen molar-refractivity contribution in [3.8, 4) is 0 Å². The molecule has 1 aliphatic carbocycles. The van der Waals surface area contributed by atoms with Crippen LogP contribution in [0.2, 0.25) is 18.6 Å². The molecule has 0 bridgehead atoms. The first-order valence-electron chi connectivity index (χ1n) is 7.09. The van der Waals surface area contributed by atoms with Crippen LogP contribution in [0.4, 0.5) is 0 Å².